The molecule has 0 fully saturated rings. The molecule has 1 aromatic carbocycles. The van der Waals surface area contributed by atoms with Gasteiger partial charge in [0.25, 0.3) is 5.91 Å². The maximum atomic E-state index is 12.0. The molecule has 2 rings (SSSR count). The van der Waals surface area contributed by atoms with Gasteiger partial charge in [-0.3, -0.25) is 9.59 Å². The van der Waals surface area contributed by atoms with Gasteiger partial charge in [-0.2, -0.15) is 0 Å². The molecule has 1 heterocycles. The number of aromatic nitrogens is 1. The van der Waals surface area contributed by atoms with Crippen LogP contribution in [0.5, 0.6) is 0 Å². The zero-order chi connectivity index (χ0) is 14.0. The van der Waals surface area contributed by atoms with Crippen molar-refractivity contribution in [2.24, 2.45) is 0 Å². The molecule has 1 aromatic heterocycles. The lowest BCUT2D eigenvalue weighted by Gasteiger charge is -2.12. The fourth-order valence-corrected chi connectivity index (χ4v) is 2.39. The third-order valence-electron chi connectivity index (χ3n) is 2.67. The lowest BCUT2D eigenvalue weighted by molar-refractivity contribution is 0.103. The molecule has 0 saturated heterocycles. The van der Waals surface area contributed by atoms with Gasteiger partial charge in [0, 0.05) is 31.2 Å². The third-order valence-corrected chi connectivity index (χ3v) is 3.66. The van der Waals surface area contributed by atoms with Crippen LogP contribution in [0.3, 0.4) is 0 Å². The average molecular weight is 277 g/mol. The van der Waals surface area contributed by atoms with Gasteiger partial charge >= 0.3 is 4.87 Å². The number of nitrogens with zero attached hydrogens (tertiary/aromatic N) is 1. The number of hydrogen-bond acceptors (Lipinski definition) is 4. The summed E-state index contributed by atoms with van der Waals surface area (Å²) in [6, 6.07) is 7.50. The number of nitrogens with one attached hydrogen (secondary N) is 2. The molecular weight excluding hydrogens is 262 g/mol. The zero-order valence-electron chi connectivity index (χ0n) is 11.0. The summed E-state index contributed by atoms with van der Waals surface area (Å²) in [5.74, 6) is -0.265. The summed E-state index contributed by atoms with van der Waals surface area (Å²) in [4.78, 5) is 27.9. The molecule has 19 heavy (non-hydrogen) atoms. The van der Waals surface area contributed by atoms with Gasteiger partial charge in [-0.1, -0.05) is 11.3 Å². The molecule has 0 saturated carbocycles. The highest BCUT2D eigenvalue weighted by Gasteiger charge is 2.13. The van der Waals surface area contributed by atoms with Gasteiger partial charge in [0.1, 0.15) is 4.88 Å². The molecule has 0 atom stereocenters. The Labute approximate surface area is 114 Å². The van der Waals surface area contributed by atoms with Crippen molar-refractivity contribution >= 4 is 28.6 Å². The molecule has 2 N–H and O–H groups in total. The molecule has 0 aliphatic heterocycles. The third kappa shape index (κ3) is 3.03. The summed E-state index contributed by atoms with van der Waals surface area (Å²) < 4.78 is 0. The van der Waals surface area contributed by atoms with Crippen molar-refractivity contribution in [1.29, 1.82) is 0 Å². The van der Waals surface area contributed by atoms with E-state index in [9.17, 15) is 9.59 Å². The summed E-state index contributed by atoms with van der Waals surface area (Å²) in [7, 11) is 3.91. The standard InChI is InChI=1S/C13H15N3O2S/c1-8-11(19-13(18)14-8)12(17)15-9-4-6-10(7-5-9)16(2)3/h4-7H,1-3H3,(H,14,18)(H,15,17). The first-order valence-electron chi connectivity index (χ1n) is 5.76. The van der Waals surface area contributed by atoms with Crippen LogP contribution in [-0.4, -0.2) is 25.0 Å². The first-order valence-corrected chi connectivity index (χ1v) is 6.57. The van der Waals surface area contributed by atoms with E-state index in [0.717, 1.165) is 17.0 Å². The van der Waals surface area contributed by atoms with Crippen LogP contribution in [0.15, 0.2) is 29.1 Å². The fraction of sp³-hybridized carbons (Fsp3) is 0.231. The number of benzene rings is 1. The maximum absolute atomic E-state index is 12.0. The molecule has 0 spiro atoms. The second kappa shape index (κ2) is 5.27. The van der Waals surface area contributed by atoms with Crippen molar-refractivity contribution in [3.63, 3.8) is 0 Å². The van der Waals surface area contributed by atoms with Crippen molar-refractivity contribution in [3.8, 4) is 0 Å². The number of amides is 1. The van der Waals surface area contributed by atoms with Crippen LogP contribution >= 0.6 is 11.3 Å². The Morgan fingerprint density at radius 3 is 2.37 bits per heavy atom. The van der Waals surface area contributed by atoms with Gasteiger partial charge in [0.15, 0.2) is 0 Å². The number of thiazole rings is 1. The van der Waals surface area contributed by atoms with Crippen LogP contribution in [0.25, 0.3) is 0 Å². The molecular formula is C13H15N3O2S. The van der Waals surface area contributed by atoms with E-state index in [-0.39, 0.29) is 10.8 Å². The molecule has 1 amide bonds. The number of aromatic amines is 1. The minimum atomic E-state index is -0.265. The number of rotatable bonds is 3. The average Bonchev–Trinajstić information content (AvgIpc) is 2.69. The van der Waals surface area contributed by atoms with E-state index < -0.39 is 0 Å². The first kappa shape index (κ1) is 13.4. The van der Waals surface area contributed by atoms with E-state index in [1.54, 1.807) is 6.92 Å². The normalized spacial score (nSPS) is 10.3. The number of anilines is 2. The number of carbonyl (C=O) groups is 1. The second-order valence-corrected chi connectivity index (χ2v) is 5.35. The molecule has 5 nitrogen and oxygen atoms in total. The quantitative estimate of drug-likeness (QED) is 0.902. The van der Waals surface area contributed by atoms with E-state index >= 15 is 0 Å². The Morgan fingerprint density at radius 1 is 1.26 bits per heavy atom. The lowest BCUT2D eigenvalue weighted by Crippen LogP contribution is -2.12. The summed E-state index contributed by atoms with van der Waals surface area (Å²) in [5.41, 5.74) is 2.36. The highest BCUT2D eigenvalue weighted by molar-refractivity contribution is 7.11. The molecule has 2 aromatic rings. The summed E-state index contributed by atoms with van der Waals surface area (Å²) in [6.45, 7) is 1.71. The Kier molecular flexibility index (Phi) is 3.71. The highest BCUT2D eigenvalue weighted by Crippen LogP contribution is 2.17. The first-order chi connectivity index (χ1) is 8.97. The van der Waals surface area contributed by atoms with E-state index in [1.165, 1.54) is 0 Å². The van der Waals surface area contributed by atoms with Gasteiger partial charge in [0.05, 0.1) is 0 Å². The topological polar surface area (TPSA) is 65.2 Å². The predicted molar refractivity (Wildman–Crippen MR) is 78.4 cm³/mol. The molecule has 0 unspecified atom stereocenters. The number of carbonyl (C=O) groups excluding carboxylic acids is 1. The number of hydrogen-bond donors (Lipinski definition) is 2. The van der Waals surface area contributed by atoms with Crippen molar-refractivity contribution < 1.29 is 4.79 Å². The Bertz CT molecular complexity index is 641. The van der Waals surface area contributed by atoms with Gasteiger partial charge in [-0.15, -0.1) is 0 Å². The van der Waals surface area contributed by atoms with Crippen molar-refractivity contribution in [3.05, 3.63) is 44.5 Å². The van der Waals surface area contributed by atoms with Crippen LogP contribution in [0, 0.1) is 6.92 Å². The van der Waals surface area contributed by atoms with Gasteiger partial charge in [-0.05, 0) is 31.2 Å². The van der Waals surface area contributed by atoms with Gasteiger partial charge < -0.3 is 15.2 Å². The fourth-order valence-electron chi connectivity index (χ4n) is 1.65. The van der Waals surface area contributed by atoms with Crippen LogP contribution in [0.4, 0.5) is 11.4 Å². The summed E-state index contributed by atoms with van der Waals surface area (Å²) in [5, 5.41) is 2.77. The van der Waals surface area contributed by atoms with Crippen LogP contribution in [0.1, 0.15) is 15.4 Å². The van der Waals surface area contributed by atoms with E-state index in [4.69, 9.17) is 0 Å². The molecule has 6 heteroatoms. The highest BCUT2D eigenvalue weighted by atomic mass is 32.1. The molecule has 0 bridgehead atoms. The van der Waals surface area contributed by atoms with E-state index in [0.29, 0.717) is 16.3 Å². The van der Waals surface area contributed by atoms with Crippen molar-refractivity contribution in [2.75, 3.05) is 24.3 Å². The monoisotopic (exact) mass is 277 g/mol. The van der Waals surface area contributed by atoms with Crippen LogP contribution in [-0.2, 0) is 0 Å². The smallest absolute Gasteiger partial charge is 0.305 e. The van der Waals surface area contributed by atoms with Gasteiger partial charge in [-0.25, -0.2) is 0 Å². The minimum Gasteiger partial charge on any atom is -0.378 e. The molecule has 100 valence electrons. The number of aryl methyl sites for hydroxylation is 1. The zero-order valence-corrected chi connectivity index (χ0v) is 11.8. The van der Waals surface area contributed by atoms with Gasteiger partial charge in [0.2, 0.25) is 0 Å². The van der Waals surface area contributed by atoms with Crippen molar-refractivity contribution in [2.45, 2.75) is 6.92 Å². The van der Waals surface area contributed by atoms with Crippen LogP contribution in [0.2, 0.25) is 0 Å². The Hall–Kier alpha value is -2.08. The Morgan fingerprint density at radius 2 is 1.89 bits per heavy atom. The molecule has 0 aliphatic rings. The summed E-state index contributed by atoms with van der Waals surface area (Å²) in [6.07, 6.45) is 0. The maximum Gasteiger partial charge on any atom is 0.305 e. The van der Waals surface area contributed by atoms with Crippen molar-refractivity contribution in [1.82, 2.24) is 4.98 Å². The van der Waals surface area contributed by atoms with E-state index in [1.807, 2.05) is 43.3 Å². The summed E-state index contributed by atoms with van der Waals surface area (Å²) >= 11 is 0.918. The SMILES string of the molecule is Cc1[nH]c(=O)sc1C(=O)Nc1ccc(N(C)C)cc1. The predicted octanol–water partition coefficient (Wildman–Crippen LogP) is 2.06. The lowest BCUT2D eigenvalue weighted by atomic mass is 10.2. The molecule has 0 aliphatic carbocycles. The number of H-pyrrole nitrogens is 1. The Balaban J connectivity index is 2.15. The largest absolute Gasteiger partial charge is 0.378 e. The second-order valence-electron chi connectivity index (χ2n) is 4.36. The molecule has 0 radical (unpaired) electrons. The minimum absolute atomic E-state index is 0.217. The van der Waals surface area contributed by atoms with Crippen LogP contribution < -0.4 is 15.1 Å². The van der Waals surface area contributed by atoms with E-state index in [2.05, 4.69) is 10.3 Å².